The average Bonchev–Trinajstić information content (AvgIpc) is 2.98. The average molecular weight is 737 g/mol. The van der Waals surface area contributed by atoms with Gasteiger partial charge in [-0.15, -0.1) is 0 Å². The van der Waals surface area contributed by atoms with Crippen molar-refractivity contribution in [2.75, 3.05) is 13.2 Å². The molecule has 0 aliphatic carbocycles. The molecule has 0 aliphatic heterocycles. The van der Waals surface area contributed by atoms with Crippen molar-refractivity contribution < 1.29 is 67.4 Å². The lowest BCUT2D eigenvalue weighted by molar-refractivity contribution is -0.120. The second kappa shape index (κ2) is 20.0. The molecular formula is C34H48N4O14. The Morgan fingerprint density at radius 2 is 1.04 bits per heavy atom. The minimum atomic E-state index is -1.11. The third-order valence-corrected chi connectivity index (χ3v) is 5.91. The van der Waals surface area contributed by atoms with Crippen LogP contribution in [0.1, 0.15) is 66.5 Å². The van der Waals surface area contributed by atoms with E-state index >= 15 is 0 Å². The van der Waals surface area contributed by atoms with E-state index in [0.717, 1.165) is 0 Å². The Bertz CT molecular complexity index is 1570. The quantitative estimate of drug-likeness (QED) is 0.0785. The smallest absolute Gasteiger partial charge is 0.504 e. The molecule has 2 aromatic carbocycles. The Morgan fingerprint density at radius 1 is 0.635 bits per heavy atom. The number of nitrogens with one attached hydrogen (secondary N) is 2. The number of aromatic hydroxyl groups is 2. The van der Waals surface area contributed by atoms with E-state index in [9.17, 15) is 39.0 Å². The molecule has 52 heavy (non-hydrogen) atoms. The number of amides is 4. The van der Waals surface area contributed by atoms with Gasteiger partial charge in [-0.3, -0.25) is 9.59 Å². The van der Waals surface area contributed by atoms with Crippen LogP contribution in [0, 0.1) is 0 Å². The van der Waals surface area contributed by atoms with Gasteiger partial charge in [0.1, 0.15) is 23.3 Å². The number of alkyl carbamates (subject to hydrolysis) is 2. The Kier molecular flexibility index (Phi) is 17.0. The van der Waals surface area contributed by atoms with E-state index in [1.807, 2.05) is 0 Å². The highest BCUT2D eigenvalue weighted by Crippen LogP contribution is 2.30. The summed E-state index contributed by atoms with van der Waals surface area (Å²) >= 11 is 0. The molecule has 0 saturated carbocycles. The number of carbonyl (C=O) groups is 6. The zero-order valence-corrected chi connectivity index (χ0v) is 30.4. The molecule has 0 spiro atoms. The second-order valence-electron chi connectivity index (χ2n) is 12.8. The maximum atomic E-state index is 12.0. The van der Waals surface area contributed by atoms with Gasteiger partial charge in [-0.25, -0.2) is 19.2 Å². The van der Waals surface area contributed by atoms with E-state index in [-0.39, 0.29) is 49.1 Å². The number of phenolic OH excluding ortho intramolecular Hbond substituents is 2. The highest BCUT2D eigenvalue weighted by molar-refractivity contribution is 5.85. The first-order valence-corrected chi connectivity index (χ1v) is 15.9. The van der Waals surface area contributed by atoms with Gasteiger partial charge < -0.3 is 60.7 Å². The number of nitrogens with two attached hydrogens (primary N) is 2. The molecule has 0 aromatic heterocycles. The second-order valence-corrected chi connectivity index (χ2v) is 12.8. The van der Waals surface area contributed by atoms with Crippen LogP contribution in [0.5, 0.6) is 23.0 Å². The molecule has 0 aliphatic rings. The molecule has 4 amide bonds. The fraction of sp³-hybridized carbons (Fsp3) is 0.471. The van der Waals surface area contributed by atoms with Gasteiger partial charge in [0.15, 0.2) is 23.0 Å². The van der Waals surface area contributed by atoms with Gasteiger partial charge in [0.05, 0.1) is 13.2 Å². The Labute approximate surface area is 301 Å². The lowest BCUT2D eigenvalue weighted by Crippen LogP contribution is -2.47. The number of benzene rings is 2. The van der Waals surface area contributed by atoms with E-state index in [1.54, 1.807) is 55.4 Å². The summed E-state index contributed by atoms with van der Waals surface area (Å²) in [6.07, 6.45) is -3.57. The van der Waals surface area contributed by atoms with Crippen molar-refractivity contribution in [1.29, 1.82) is 0 Å². The summed E-state index contributed by atoms with van der Waals surface area (Å²) in [4.78, 5) is 70.2. The topological polar surface area (TPSA) is 274 Å². The van der Waals surface area contributed by atoms with Crippen LogP contribution in [0.3, 0.4) is 0 Å². The summed E-state index contributed by atoms with van der Waals surface area (Å²) in [5.74, 6) is -2.36. The standard InChI is InChI=1S/C20H28N2O9.C14H20N2O5/c1-6-27-18(25)29-14-9-8-12(11-15(14)30-19(26)28-7-2)10-13(16(21)23)22-17(24)31-20(3,4)5;1-14(2,3)21-13(20)16-9(12(15)19)6-8-4-5-10(17)11(18)7-8/h8-9,11,13H,6-7,10H2,1-5H3,(H2,21,23)(H,22,24);4-5,7,9,17-18H,6H2,1-3H3,(H2,15,19)(H,16,20)/t13-;9-/m00/s1. The van der Waals surface area contributed by atoms with Crippen molar-refractivity contribution in [3.63, 3.8) is 0 Å². The van der Waals surface area contributed by atoms with Crippen LogP contribution in [-0.4, -0.2) is 83.0 Å². The highest BCUT2D eigenvalue weighted by atomic mass is 16.7. The van der Waals surface area contributed by atoms with Crippen LogP contribution in [0.4, 0.5) is 19.2 Å². The molecule has 18 heteroatoms. The number of hydrogen-bond donors (Lipinski definition) is 6. The molecule has 0 fully saturated rings. The van der Waals surface area contributed by atoms with Gasteiger partial charge in [0.2, 0.25) is 11.8 Å². The molecule has 2 aromatic rings. The van der Waals surface area contributed by atoms with Crippen LogP contribution in [0.2, 0.25) is 0 Å². The van der Waals surface area contributed by atoms with E-state index in [0.29, 0.717) is 11.1 Å². The molecule has 0 heterocycles. The van der Waals surface area contributed by atoms with E-state index in [4.69, 9.17) is 39.9 Å². The predicted molar refractivity (Wildman–Crippen MR) is 184 cm³/mol. The summed E-state index contributed by atoms with van der Waals surface area (Å²) in [5, 5.41) is 23.4. The normalized spacial score (nSPS) is 12.0. The number of rotatable bonds is 12. The summed E-state index contributed by atoms with van der Waals surface area (Å²) < 4.78 is 29.7. The predicted octanol–water partition coefficient (Wildman–Crippen LogP) is 3.70. The Hall–Kier alpha value is -5.94. The number of hydrogen-bond acceptors (Lipinski definition) is 14. The summed E-state index contributed by atoms with van der Waals surface area (Å²) in [6, 6.07) is 6.19. The molecule has 2 atom stereocenters. The molecule has 0 saturated heterocycles. The third kappa shape index (κ3) is 17.6. The van der Waals surface area contributed by atoms with Crippen molar-refractivity contribution in [1.82, 2.24) is 10.6 Å². The minimum Gasteiger partial charge on any atom is -0.504 e. The number of primary amides is 2. The first-order chi connectivity index (χ1) is 24.0. The molecular weight excluding hydrogens is 688 g/mol. The number of phenols is 2. The molecule has 8 N–H and O–H groups in total. The van der Waals surface area contributed by atoms with Gasteiger partial charge in [0.25, 0.3) is 0 Å². The number of carbonyl (C=O) groups excluding carboxylic acids is 6. The number of ether oxygens (including phenoxy) is 6. The third-order valence-electron chi connectivity index (χ3n) is 5.91. The SMILES string of the molecule is CC(C)(C)OC(=O)N[C@@H](Cc1ccc(O)c(O)c1)C(N)=O.CCOC(=O)Oc1ccc(C[C@H](NC(=O)OC(C)(C)C)C(N)=O)cc1OC(=O)OCC. The maximum absolute atomic E-state index is 12.0. The molecule has 2 rings (SSSR count). The minimum absolute atomic E-state index is 0.0482. The Balaban J connectivity index is 0.000000560. The lowest BCUT2D eigenvalue weighted by Gasteiger charge is -2.22. The van der Waals surface area contributed by atoms with Crippen molar-refractivity contribution in [2.24, 2.45) is 11.5 Å². The van der Waals surface area contributed by atoms with Crippen molar-refractivity contribution in [3.05, 3.63) is 47.5 Å². The van der Waals surface area contributed by atoms with Crippen LogP contribution < -0.4 is 31.6 Å². The molecule has 0 unspecified atom stereocenters. The monoisotopic (exact) mass is 736 g/mol. The molecule has 288 valence electrons. The summed E-state index contributed by atoms with van der Waals surface area (Å²) in [7, 11) is 0. The summed E-state index contributed by atoms with van der Waals surface area (Å²) in [5.41, 5.74) is 10.1. The van der Waals surface area contributed by atoms with E-state index in [1.165, 1.54) is 36.4 Å². The zero-order chi connectivity index (χ0) is 39.8. The van der Waals surface area contributed by atoms with Crippen molar-refractivity contribution in [2.45, 2.75) is 91.5 Å². The van der Waals surface area contributed by atoms with Crippen molar-refractivity contribution >= 4 is 36.3 Å². The molecule has 0 radical (unpaired) electrons. The van der Waals surface area contributed by atoms with Gasteiger partial charge in [-0.2, -0.15) is 0 Å². The summed E-state index contributed by atoms with van der Waals surface area (Å²) in [6.45, 7) is 13.5. The van der Waals surface area contributed by atoms with Gasteiger partial charge in [-0.1, -0.05) is 12.1 Å². The zero-order valence-electron chi connectivity index (χ0n) is 30.4. The van der Waals surface area contributed by atoms with Gasteiger partial charge in [0, 0.05) is 12.8 Å². The lowest BCUT2D eigenvalue weighted by atomic mass is 10.0. The van der Waals surface area contributed by atoms with Gasteiger partial charge >= 0.3 is 24.5 Å². The van der Waals surface area contributed by atoms with Crippen LogP contribution in [0.15, 0.2) is 36.4 Å². The van der Waals surface area contributed by atoms with E-state index < -0.39 is 59.6 Å². The van der Waals surface area contributed by atoms with Crippen LogP contribution >= 0.6 is 0 Å². The highest BCUT2D eigenvalue weighted by Gasteiger charge is 2.25. The first kappa shape index (κ1) is 44.1. The first-order valence-electron chi connectivity index (χ1n) is 15.9. The Morgan fingerprint density at radius 3 is 1.42 bits per heavy atom. The van der Waals surface area contributed by atoms with Crippen LogP contribution in [-0.2, 0) is 41.4 Å². The van der Waals surface area contributed by atoms with Gasteiger partial charge in [-0.05, 0) is 90.8 Å². The maximum Gasteiger partial charge on any atom is 0.513 e. The van der Waals surface area contributed by atoms with Crippen LogP contribution in [0.25, 0.3) is 0 Å². The van der Waals surface area contributed by atoms with E-state index in [2.05, 4.69) is 10.6 Å². The fourth-order valence-corrected chi connectivity index (χ4v) is 3.83. The van der Waals surface area contributed by atoms with Crippen molar-refractivity contribution in [3.8, 4) is 23.0 Å². The molecule has 18 nitrogen and oxygen atoms in total. The largest absolute Gasteiger partial charge is 0.513 e. The fourth-order valence-electron chi connectivity index (χ4n) is 3.83. The molecule has 0 bridgehead atoms.